The van der Waals surface area contributed by atoms with E-state index in [9.17, 15) is 8.76 Å². The standard InChI is InChI=1S/C7H10N2O2S/c1-4-2-6(9)7(12(10)11)3-5(4)8/h2-3H,8-9H2,1H3,(H,10,11)/p-1. The van der Waals surface area contributed by atoms with Crippen molar-refractivity contribution in [2.45, 2.75) is 11.8 Å². The van der Waals surface area contributed by atoms with Crippen LogP contribution < -0.4 is 11.5 Å². The molecule has 0 bridgehead atoms. The van der Waals surface area contributed by atoms with Gasteiger partial charge in [0.25, 0.3) is 0 Å². The van der Waals surface area contributed by atoms with Gasteiger partial charge in [0.1, 0.15) is 0 Å². The summed E-state index contributed by atoms with van der Waals surface area (Å²) in [5.41, 5.74) is 12.4. The number of benzene rings is 1. The maximum atomic E-state index is 10.5. The summed E-state index contributed by atoms with van der Waals surface area (Å²) in [6.45, 7) is 1.77. The number of anilines is 2. The zero-order valence-electron chi connectivity index (χ0n) is 6.53. The molecule has 0 saturated carbocycles. The summed E-state index contributed by atoms with van der Waals surface area (Å²) in [6, 6.07) is 2.90. The Labute approximate surface area is 72.9 Å². The number of nitrogens with two attached hydrogens (primary N) is 2. The molecule has 0 radical (unpaired) electrons. The molecule has 0 spiro atoms. The molecule has 0 fully saturated rings. The molecule has 1 aromatic carbocycles. The fourth-order valence-corrected chi connectivity index (χ4v) is 1.35. The summed E-state index contributed by atoms with van der Waals surface area (Å²) in [6.07, 6.45) is 0. The molecule has 1 aromatic rings. The Kier molecular flexibility index (Phi) is 2.35. The molecular formula is C7H9N2O2S-. The van der Waals surface area contributed by atoms with Crippen LogP contribution in [0, 0.1) is 6.92 Å². The van der Waals surface area contributed by atoms with E-state index >= 15 is 0 Å². The molecule has 4 nitrogen and oxygen atoms in total. The largest absolute Gasteiger partial charge is 0.768 e. The van der Waals surface area contributed by atoms with Crippen LogP contribution in [0.2, 0.25) is 0 Å². The first-order chi connectivity index (χ1) is 5.52. The summed E-state index contributed by atoms with van der Waals surface area (Å²) in [5.74, 6) is 0. The third-order valence-corrected chi connectivity index (χ3v) is 2.29. The zero-order valence-corrected chi connectivity index (χ0v) is 7.35. The monoisotopic (exact) mass is 185 g/mol. The Balaban J connectivity index is 3.33. The second-order valence-electron chi connectivity index (χ2n) is 2.48. The third-order valence-electron chi connectivity index (χ3n) is 1.58. The number of rotatable bonds is 1. The first-order valence-corrected chi connectivity index (χ1v) is 4.34. The highest BCUT2D eigenvalue weighted by molar-refractivity contribution is 7.79. The molecule has 12 heavy (non-hydrogen) atoms. The van der Waals surface area contributed by atoms with Crippen molar-refractivity contribution in [1.82, 2.24) is 0 Å². The minimum absolute atomic E-state index is 0.0538. The Bertz CT molecular complexity index is 338. The van der Waals surface area contributed by atoms with Crippen LogP contribution in [0.25, 0.3) is 0 Å². The van der Waals surface area contributed by atoms with Crippen molar-refractivity contribution in [2.24, 2.45) is 0 Å². The quantitative estimate of drug-likeness (QED) is 0.489. The lowest BCUT2D eigenvalue weighted by Crippen LogP contribution is -2.00. The first-order valence-electron chi connectivity index (χ1n) is 3.27. The molecule has 0 saturated heterocycles. The summed E-state index contributed by atoms with van der Waals surface area (Å²) in [7, 11) is 0. The molecule has 66 valence electrons. The van der Waals surface area contributed by atoms with Gasteiger partial charge in [-0.15, -0.1) is 0 Å². The van der Waals surface area contributed by atoms with Gasteiger partial charge in [-0.1, -0.05) is 0 Å². The molecular weight excluding hydrogens is 176 g/mol. The highest BCUT2D eigenvalue weighted by Crippen LogP contribution is 2.22. The lowest BCUT2D eigenvalue weighted by atomic mass is 10.2. The normalized spacial score (nSPS) is 12.8. The molecule has 1 atom stereocenters. The highest BCUT2D eigenvalue weighted by Gasteiger charge is 2.02. The molecule has 0 aliphatic rings. The van der Waals surface area contributed by atoms with Crippen LogP contribution in [0.3, 0.4) is 0 Å². The van der Waals surface area contributed by atoms with Crippen molar-refractivity contribution in [1.29, 1.82) is 0 Å². The predicted octanol–water partition coefficient (Wildman–Crippen LogP) is 0.397. The first kappa shape index (κ1) is 9.02. The lowest BCUT2D eigenvalue weighted by Gasteiger charge is -2.10. The van der Waals surface area contributed by atoms with Crippen molar-refractivity contribution in [3.8, 4) is 0 Å². The molecule has 1 unspecified atom stereocenters. The topological polar surface area (TPSA) is 92.2 Å². The van der Waals surface area contributed by atoms with Crippen LogP contribution in [0.15, 0.2) is 17.0 Å². The smallest absolute Gasteiger partial charge is 0.0498 e. The van der Waals surface area contributed by atoms with E-state index < -0.39 is 11.1 Å². The van der Waals surface area contributed by atoms with Crippen molar-refractivity contribution in [3.63, 3.8) is 0 Å². The SMILES string of the molecule is Cc1cc(N)c(S(=O)[O-])cc1N. The summed E-state index contributed by atoms with van der Waals surface area (Å²) in [4.78, 5) is 0.0538. The zero-order chi connectivity index (χ0) is 9.30. The van der Waals surface area contributed by atoms with Crippen molar-refractivity contribution >= 4 is 22.5 Å². The van der Waals surface area contributed by atoms with Crippen LogP contribution in [-0.4, -0.2) is 8.76 Å². The van der Waals surface area contributed by atoms with E-state index in [-0.39, 0.29) is 10.6 Å². The van der Waals surface area contributed by atoms with Gasteiger partial charge < -0.3 is 16.0 Å². The van der Waals surface area contributed by atoms with Crippen LogP contribution in [0.5, 0.6) is 0 Å². The van der Waals surface area contributed by atoms with E-state index in [4.69, 9.17) is 11.5 Å². The Morgan fingerprint density at radius 3 is 2.42 bits per heavy atom. The van der Waals surface area contributed by atoms with Crippen LogP contribution in [0.4, 0.5) is 11.4 Å². The van der Waals surface area contributed by atoms with Crippen molar-refractivity contribution in [3.05, 3.63) is 17.7 Å². The van der Waals surface area contributed by atoms with Gasteiger partial charge in [-0.05, 0) is 35.7 Å². The van der Waals surface area contributed by atoms with E-state index in [1.165, 1.54) is 6.07 Å². The van der Waals surface area contributed by atoms with Gasteiger partial charge in [-0.25, -0.2) is 0 Å². The Hall–Kier alpha value is -1.07. The fraction of sp³-hybridized carbons (Fsp3) is 0.143. The minimum Gasteiger partial charge on any atom is -0.768 e. The van der Waals surface area contributed by atoms with E-state index in [1.807, 2.05) is 0 Å². The van der Waals surface area contributed by atoms with Gasteiger partial charge in [-0.2, -0.15) is 0 Å². The second-order valence-corrected chi connectivity index (χ2v) is 3.39. The number of hydrogen-bond acceptors (Lipinski definition) is 4. The number of aryl methyl sites for hydroxylation is 1. The average molecular weight is 185 g/mol. The van der Waals surface area contributed by atoms with Gasteiger partial charge in [0.05, 0.1) is 0 Å². The van der Waals surface area contributed by atoms with Crippen molar-refractivity contribution in [2.75, 3.05) is 11.5 Å². The van der Waals surface area contributed by atoms with Crippen LogP contribution >= 0.6 is 0 Å². The summed E-state index contributed by atoms with van der Waals surface area (Å²) in [5, 5.41) is 0. The molecule has 1 rings (SSSR count). The van der Waals surface area contributed by atoms with E-state index in [2.05, 4.69) is 0 Å². The predicted molar refractivity (Wildman–Crippen MR) is 47.2 cm³/mol. The van der Waals surface area contributed by atoms with E-state index in [1.54, 1.807) is 13.0 Å². The number of nitrogen functional groups attached to an aromatic ring is 2. The second kappa shape index (κ2) is 3.12. The van der Waals surface area contributed by atoms with Gasteiger partial charge in [-0.3, -0.25) is 4.21 Å². The summed E-state index contributed by atoms with van der Waals surface area (Å²) >= 11 is -2.31. The lowest BCUT2D eigenvalue weighted by molar-refractivity contribution is 0.537. The Morgan fingerprint density at radius 2 is 1.92 bits per heavy atom. The van der Waals surface area contributed by atoms with Crippen LogP contribution in [0.1, 0.15) is 5.56 Å². The van der Waals surface area contributed by atoms with Gasteiger partial charge in [0.15, 0.2) is 0 Å². The molecule has 4 N–H and O–H groups in total. The van der Waals surface area contributed by atoms with Crippen molar-refractivity contribution < 1.29 is 8.76 Å². The maximum Gasteiger partial charge on any atom is 0.0498 e. The van der Waals surface area contributed by atoms with E-state index in [0.717, 1.165) is 5.56 Å². The third kappa shape index (κ3) is 1.57. The molecule has 0 heterocycles. The molecule has 0 aromatic heterocycles. The summed E-state index contributed by atoms with van der Waals surface area (Å²) < 4.78 is 21.1. The molecule has 5 heteroatoms. The van der Waals surface area contributed by atoms with Gasteiger partial charge in [0, 0.05) is 16.3 Å². The maximum absolute atomic E-state index is 10.5. The number of hydrogen-bond donors (Lipinski definition) is 2. The Morgan fingerprint density at radius 1 is 1.33 bits per heavy atom. The minimum atomic E-state index is -2.31. The molecule has 0 aliphatic heterocycles. The van der Waals surface area contributed by atoms with Crippen LogP contribution in [-0.2, 0) is 11.1 Å². The van der Waals surface area contributed by atoms with Gasteiger partial charge in [0.2, 0.25) is 0 Å². The average Bonchev–Trinajstić information content (AvgIpc) is 1.96. The molecule has 0 aliphatic carbocycles. The van der Waals surface area contributed by atoms with Gasteiger partial charge >= 0.3 is 0 Å². The fourth-order valence-electron chi connectivity index (χ4n) is 0.870. The highest BCUT2D eigenvalue weighted by atomic mass is 32.2. The van der Waals surface area contributed by atoms with E-state index in [0.29, 0.717) is 5.69 Å². The molecule has 0 amide bonds.